The van der Waals surface area contributed by atoms with Crippen molar-refractivity contribution in [2.75, 3.05) is 0 Å². The van der Waals surface area contributed by atoms with Gasteiger partial charge in [0.2, 0.25) is 0 Å². The van der Waals surface area contributed by atoms with Gasteiger partial charge in [-0.15, -0.1) is 0 Å². The minimum atomic E-state index is 0.442. The Morgan fingerprint density at radius 1 is 1.57 bits per heavy atom. The van der Waals surface area contributed by atoms with E-state index in [1.807, 2.05) is 6.92 Å². The first-order chi connectivity index (χ1) is 3.13. The smallest absolute Gasteiger partial charge is 0.0446 e. The van der Waals surface area contributed by atoms with Crippen molar-refractivity contribution in [3.05, 3.63) is 0 Å². The number of rotatable bonds is 1. The molecule has 7 heavy (non-hydrogen) atoms. The molecule has 0 bridgehead atoms. The Balaban J connectivity index is 3.45. The van der Waals surface area contributed by atoms with E-state index in [0.29, 0.717) is 6.04 Å². The molecule has 0 rings (SSSR count). The van der Waals surface area contributed by atoms with Crippen LogP contribution in [0.15, 0.2) is 4.99 Å². The highest BCUT2D eigenvalue weighted by Gasteiger charge is 1.82. The lowest BCUT2D eigenvalue weighted by Gasteiger charge is -1.93. The van der Waals surface area contributed by atoms with Gasteiger partial charge in [-0.05, 0) is 20.8 Å². The largest absolute Gasteiger partial charge is 0.288 e. The van der Waals surface area contributed by atoms with Crippen LogP contribution in [0.4, 0.5) is 0 Å². The van der Waals surface area contributed by atoms with Crippen molar-refractivity contribution in [3.8, 4) is 0 Å². The number of nitrogens with zero attached hydrogens (tertiary/aromatic N) is 1. The standard InChI is InChI=1S/C5H12NP/c1-4(2)6-5(3)7/h4H,7H2,1-3H3. The molecule has 0 spiro atoms. The van der Waals surface area contributed by atoms with Crippen LogP contribution in [-0.2, 0) is 0 Å². The Morgan fingerprint density at radius 3 is 2.00 bits per heavy atom. The summed E-state index contributed by atoms with van der Waals surface area (Å²) in [7, 11) is 2.55. The van der Waals surface area contributed by atoms with Crippen molar-refractivity contribution in [1.82, 2.24) is 0 Å². The van der Waals surface area contributed by atoms with Gasteiger partial charge in [0.1, 0.15) is 0 Å². The van der Waals surface area contributed by atoms with Gasteiger partial charge in [0.15, 0.2) is 0 Å². The van der Waals surface area contributed by atoms with E-state index >= 15 is 0 Å². The molecule has 42 valence electrons. The third-order valence-corrected chi connectivity index (χ3v) is 0.611. The molecule has 0 heterocycles. The zero-order valence-electron chi connectivity index (χ0n) is 5.10. The molecule has 2 heteroatoms. The Morgan fingerprint density at radius 2 is 2.00 bits per heavy atom. The molecule has 0 aromatic heterocycles. The molecule has 0 saturated carbocycles. The van der Waals surface area contributed by atoms with E-state index < -0.39 is 0 Å². The lowest BCUT2D eigenvalue weighted by atomic mass is 10.4. The summed E-state index contributed by atoms with van der Waals surface area (Å²) in [5.41, 5.74) is 1.08. The molecule has 0 radical (unpaired) electrons. The second kappa shape index (κ2) is 3.15. The summed E-state index contributed by atoms with van der Waals surface area (Å²) in [5, 5.41) is 0. The van der Waals surface area contributed by atoms with Crippen molar-refractivity contribution in [1.29, 1.82) is 0 Å². The Bertz CT molecular complexity index is 72.1. The van der Waals surface area contributed by atoms with Crippen LogP contribution in [0.25, 0.3) is 0 Å². The lowest BCUT2D eigenvalue weighted by Crippen LogP contribution is -1.89. The maximum Gasteiger partial charge on any atom is 0.0446 e. The molecule has 0 fully saturated rings. The highest BCUT2D eigenvalue weighted by Crippen LogP contribution is 1.92. The maximum atomic E-state index is 4.16. The van der Waals surface area contributed by atoms with Crippen LogP contribution in [0, 0.1) is 0 Å². The average molecular weight is 117 g/mol. The van der Waals surface area contributed by atoms with E-state index in [2.05, 4.69) is 28.1 Å². The van der Waals surface area contributed by atoms with Crippen LogP contribution in [-0.4, -0.2) is 11.5 Å². The van der Waals surface area contributed by atoms with Crippen LogP contribution in [0.2, 0.25) is 0 Å². The first kappa shape index (κ1) is 7.10. The number of hydrogen-bond acceptors (Lipinski definition) is 1. The van der Waals surface area contributed by atoms with Gasteiger partial charge in [-0.3, -0.25) is 4.99 Å². The minimum absolute atomic E-state index is 0.442. The molecule has 0 N–H and O–H groups in total. The van der Waals surface area contributed by atoms with Crippen LogP contribution in [0.3, 0.4) is 0 Å². The van der Waals surface area contributed by atoms with Crippen molar-refractivity contribution in [2.45, 2.75) is 26.8 Å². The van der Waals surface area contributed by atoms with E-state index in [1.165, 1.54) is 0 Å². The van der Waals surface area contributed by atoms with Crippen LogP contribution in [0.5, 0.6) is 0 Å². The molecule has 0 aromatic carbocycles. The highest BCUT2D eigenvalue weighted by atomic mass is 31.0. The normalized spacial score (nSPS) is 13.0. The van der Waals surface area contributed by atoms with Gasteiger partial charge in [-0.2, -0.15) is 0 Å². The molecule has 0 aliphatic carbocycles. The van der Waals surface area contributed by atoms with Crippen molar-refractivity contribution in [3.63, 3.8) is 0 Å². The van der Waals surface area contributed by atoms with E-state index in [-0.39, 0.29) is 0 Å². The van der Waals surface area contributed by atoms with E-state index in [0.717, 1.165) is 5.45 Å². The summed E-state index contributed by atoms with van der Waals surface area (Å²) < 4.78 is 0. The predicted molar refractivity (Wildman–Crippen MR) is 38.0 cm³/mol. The van der Waals surface area contributed by atoms with Gasteiger partial charge in [0.25, 0.3) is 0 Å². The third-order valence-electron chi connectivity index (χ3n) is 0.462. The van der Waals surface area contributed by atoms with Crippen molar-refractivity contribution in [2.24, 2.45) is 4.99 Å². The van der Waals surface area contributed by atoms with Gasteiger partial charge in [-0.25, -0.2) is 0 Å². The van der Waals surface area contributed by atoms with Gasteiger partial charge in [0.05, 0.1) is 0 Å². The molecule has 0 aliphatic heterocycles. The van der Waals surface area contributed by atoms with Gasteiger partial charge in [-0.1, -0.05) is 9.24 Å². The fourth-order valence-corrected chi connectivity index (χ4v) is 0.705. The summed E-state index contributed by atoms with van der Waals surface area (Å²) in [6, 6.07) is 0.442. The topological polar surface area (TPSA) is 12.4 Å². The molecule has 0 amide bonds. The monoisotopic (exact) mass is 117 g/mol. The summed E-state index contributed by atoms with van der Waals surface area (Å²) in [6.45, 7) is 6.10. The molecule has 0 aliphatic rings. The van der Waals surface area contributed by atoms with Crippen LogP contribution < -0.4 is 0 Å². The second-order valence-corrected chi connectivity index (χ2v) is 2.70. The fourth-order valence-electron chi connectivity index (χ4n) is 0.407. The number of hydrogen-bond donors (Lipinski definition) is 0. The zero-order valence-corrected chi connectivity index (χ0v) is 6.26. The number of aliphatic imine (C=N–C) groups is 1. The fraction of sp³-hybridized carbons (Fsp3) is 0.800. The Labute approximate surface area is 47.4 Å². The molecule has 1 atom stereocenters. The zero-order chi connectivity index (χ0) is 5.86. The molecule has 0 aromatic rings. The van der Waals surface area contributed by atoms with Crippen molar-refractivity contribution >= 4 is 14.7 Å². The molecular weight excluding hydrogens is 105 g/mol. The SMILES string of the molecule is CC(P)=NC(C)C. The first-order valence-electron chi connectivity index (χ1n) is 2.43. The van der Waals surface area contributed by atoms with Gasteiger partial charge in [0, 0.05) is 11.5 Å². The molecular formula is C5H12NP. The van der Waals surface area contributed by atoms with Gasteiger partial charge < -0.3 is 0 Å². The maximum absolute atomic E-state index is 4.16. The summed E-state index contributed by atoms with van der Waals surface area (Å²) in [5.74, 6) is 0. The first-order valence-corrected chi connectivity index (χ1v) is 3.00. The molecule has 1 unspecified atom stereocenters. The minimum Gasteiger partial charge on any atom is -0.288 e. The molecule has 1 nitrogen and oxygen atoms in total. The highest BCUT2D eigenvalue weighted by molar-refractivity contribution is 7.40. The van der Waals surface area contributed by atoms with E-state index in [4.69, 9.17) is 0 Å². The van der Waals surface area contributed by atoms with E-state index in [9.17, 15) is 0 Å². The predicted octanol–water partition coefficient (Wildman–Crippen LogP) is 1.69. The van der Waals surface area contributed by atoms with E-state index in [1.54, 1.807) is 0 Å². The summed E-state index contributed by atoms with van der Waals surface area (Å²) in [6.07, 6.45) is 0. The van der Waals surface area contributed by atoms with Crippen LogP contribution >= 0.6 is 9.24 Å². The average Bonchev–Trinajstić information content (AvgIpc) is 1.27. The van der Waals surface area contributed by atoms with Gasteiger partial charge >= 0.3 is 0 Å². The van der Waals surface area contributed by atoms with Crippen molar-refractivity contribution < 1.29 is 0 Å². The molecule has 0 saturated heterocycles. The second-order valence-electron chi connectivity index (χ2n) is 1.86. The Hall–Kier alpha value is 0.100. The summed E-state index contributed by atoms with van der Waals surface area (Å²) in [4.78, 5) is 4.16. The van der Waals surface area contributed by atoms with Crippen LogP contribution in [0.1, 0.15) is 20.8 Å². The summed E-state index contributed by atoms with van der Waals surface area (Å²) >= 11 is 0. The quantitative estimate of drug-likeness (QED) is 0.366. The Kier molecular flexibility index (Phi) is 3.19. The third kappa shape index (κ3) is 6.10. The lowest BCUT2D eigenvalue weighted by molar-refractivity contribution is 0.839.